The molecule has 0 spiro atoms. The third-order valence-electron chi connectivity index (χ3n) is 2.89. The Hall–Kier alpha value is -1.64. The first kappa shape index (κ1) is 15.4. The van der Waals surface area contributed by atoms with Crippen LogP contribution in [0, 0.1) is 0 Å². The maximum atomic E-state index is 11.8. The quantitative estimate of drug-likeness (QED) is 0.556. The van der Waals surface area contributed by atoms with Gasteiger partial charge in [0.1, 0.15) is 11.3 Å². The Morgan fingerprint density at radius 3 is 2.42 bits per heavy atom. The molecule has 2 atom stereocenters. The van der Waals surface area contributed by atoms with E-state index in [9.17, 15) is 22.8 Å². The summed E-state index contributed by atoms with van der Waals surface area (Å²) in [6.45, 7) is 0. The van der Waals surface area contributed by atoms with Crippen molar-refractivity contribution in [3.8, 4) is 0 Å². The van der Waals surface area contributed by atoms with Crippen molar-refractivity contribution in [2.45, 2.75) is 37.0 Å². The minimum atomic E-state index is -3.54. The molecule has 0 aliphatic carbocycles. The summed E-state index contributed by atoms with van der Waals surface area (Å²) in [7, 11) is -3.54. The number of amides is 2. The Morgan fingerprint density at radius 1 is 1.32 bits per heavy atom. The monoisotopic (exact) mass is 292 g/mol. The maximum absolute atomic E-state index is 11.8. The van der Waals surface area contributed by atoms with Crippen molar-refractivity contribution in [3.05, 3.63) is 0 Å². The van der Waals surface area contributed by atoms with Gasteiger partial charge in [-0.1, -0.05) is 6.42 Å². The number of carbonyl (C=O) groups excluding carboxylic acids is 2. The zero-order valence-electron chi connectivity index (χ0n) is 10.2. The molecule has 1 aliphatic heterocycles. The van der Waals surface area contributed by atoms with Gasteiger partial charge in [0.25, 0.3) is 0 Å². The minimum Gasteiger partial charge on any atom is -0.480 e. The van der Waals surface area contributed by atoms with Gasteiger partial charge in [0.15, 0.2) is 9.84 Å². The van der Waals surface area contributed by atoms with Crippen molar-refractivity contribution in [2.24, 2.45) is 5.73 Å². The van der Waals surface area contributed by atoms with Crippen LogP contribution in [0.15, 0.2) is 0 Å². The molecule has 9 heteroatoms. The van der Waals surface area contributed by atoms with E-state index in [0.717, 1.165) is 0 Å². The number of carboxylic acid groups (broad SMARTS) is 1. The summed E-state index contributed by atoms with van der Waals surface area (Å²) >= 11 is 0. The third-order valence-corrected chi connectivity index (χ3v) is 5.07. The Kier molecular flexibility index (Phi) is 4.87. The van der Waals surface area contributed by atoms with Gasteiger partial charge in [-0.15, -0.1) is 0 Å². The van der Waals surface area contributed by atoms with Crippen LogP contribution in [0.4, 0.5) is 0 Å². The molecule has 1 heterocycles. The molecule has 8 nitrogen and oxygen atoms in total. The molecule has 4 N–H and O–H groups in total. The highest BCUT2D eigenvalue weighted by Crippen LogP contribution is 2.19. The average molecular weight is 292 g/mol. The molecule has 1 rings (SSSR count). The molecule has 1 unspecified atom stereocenters. The van der Waals surface area contributed by atoms with Crippen LogP contribution in [0.2, 0.25) is 0 Å². The van der Waals surface area contributed by atoms with E-state index in [0.29, 0.717) is 12.8 Å². The van der Waals surface area contributed by atoms with Crippen molar-refractivity contribution in [2.75, 3.05) is 5.75 Å². The smallest absolute Gasteiger partial charge is 0.326 e. The first-order chi connectivity index (χ1) is 8.74. The molecule has 0 aromatic heterocycles. The second kappa shape index (κ2) is 6.00. The van der Waals surface area contributed by atoms with E-state index in [1.165, 1.54) is 0 Å². The molecule has 0 radical (unpaired) electrons. The van der Waals surface area contributed by atoms with E-state index >= 15 is 0 Å². The standard InChI is InChI=1S/C10H16N2O6S/c11-8(13)5-6(10(15)16)12-9(14)7-3-1-2-4-19(7,17)18/h6-7H,1-5H2,(H2,11,13)(H,12,14)(H,15,16)/t6-,7?/m1/s1. The Balaban J connectivity index is 2.76. The fourth-order valence-corrected chi connectivity index (χ4v) is 3.73. The number of sulfone groups is 1. The summed E-state index contributed by atoms with van der Waals surface area (Å²) < 4.78 is 23.4. The minimum absolute atomic E-state index is 0.0847. The molecular formula is C10H16N2O6S. The number of nitrogens with one attached hydrogen (secondary N) is 1. The van der Waals surface area contributed by atoms with Gasteiger partial charge in [-0.05, 0) is 12.8 Å². The molecule has 1 fully saturated rings. The molecule has 108 valence electrons. The lowest BCUT2D eigenvalue weighted by molar-refractivity contribution is -0.143. The molecule has 0 aromatic carbocycles. The van der Waals surface area contributed by atoms with Crippen molar-refractivity contribution in [1.82, 2.24) is 5.32 Å². The zero-order chi connectivity index (χ0) is 14.6. The van der Waals surface area contributed by atoms with E-state index in [2.05, 4.69) is 5.32 Å². The summed E-state index contributed by atoms with van der Waals surface area (Å²) in [6, 6.07) is -1.50. The molecule has 0 aromatic rings. The molecule has 0 saturated carbocycles. The highest BCUT2D eigenvalue weighted by molar-refractivity contribution is 7.92. The van der Waals surface area contributed by atoms with Gasteiger partial charge < -0.3 is 16.2 Å². The second-order valence-electron chi connectivity index (χ2n) is 4.42. The zero-order valence-corrected chi connectivity index (χ0v) is 11.0. The number of nitrogens with two attached hydrogens (primary N) is 1. The highest BCUT2D eigenvalue weighted by Gasteiger charge is 2.36. The third kappa shape index (κ3) is 4.19. The van der Waals surface area contributed by atoms with E-state index in [1.54, 1.807) is 0 Å². The molecule has 0 bridgehead atoms. The average Bonchev–Trinajstić information content (AvgIpc) is 2.26. The summed E-state index contributed by atoms with van der Waals surface area (Å²) in [5, 5.41) is 9.64. The first-order valence-corrected chi connectivity index (χ1v) is 7.48. The normalized spacial score (nSPS) is 23.3. The highest BCUT2D eigenvalue weighted by atomic mass is 32.2. The topological polar surface area (TPSA) is 144 Å². The van der Waals surface area contributed by atoms with Crippen molar-refractivity contribution in [1.29, 1.82) is 0 Å². The predicted octanol–water partition coefficient (Wildman–Crippen LogP) is -1.60. The molecule has 2 amide bonds. The first-order valence-electron chi connectivity index (χ1n) is 5.77. The van der Waals surface area contributed by atoms with Crippen molar-refractivity contribution in [3.63, 3.8) is 0 Å². The Morgan fingerprint density at radius 2 is 1.95 bits per heavy atom. The van der Waals surface area contributed by atoms with Gasteiger partial charge in [-0.2, -0.15) is 0 Å². The van der Waals surface area contributed by atoms with Gasteiger partial charge in [0.2, 0.25) is 11.8 Å². The van der Waals surface area contributed by atoms with Gasteiger partial charge >= 0.3 is 5.97 Å². The summed E-state index contributed by atoms with van der Waals surface area (Å²) in [5.41, 5.74) is 4.87. The van der Waals surface area contributed by atoms with E-state index in [4.69, 9.17) is 10.8 Å². The van der Waals surface area contributed by atoms with Crippen LogP contribution in [0.3, 0.4) is 0 Å². The molecule has 19 heavy (non-hydrogen) atoms. The Labute approximate surface area is 110 Å². The number of hydrogen-bond donors (Lipinski definition) is 3. The van der Waals surface area contributed by atoms with Crippen LogP contribution in [-0.4, -0.2) is 48.4 Å². The number of carboxylic acids is 1. The molecule has 1 saturated heterocycles. The van der Waals surface area contributed by atoms with Crippen LogP contribution in [-0.2, 0) is 24.2 Å². The number of rotatable bonds is 5. The summed E-state index contributed by atoms with van der Waals surface area (Å²) in [6.07, 6.45) is 0.672. The molecular weight excluding hydrogens is 276 g/mol. The van der Waals surface area contributed by atoms with Crippen LogP contribution < -0.4 is 11.1 Å². The SMILES string of the molecule is NC(=O)C[C@@H](NC(=O)C1CCCCS1(=O)=O)C(=O)O. The van der Waals surface area contributed by atoms with Gasteiger partial charge in [0, 0.05) is 0 Å². The fraction of sp³-hybridized carbons (Fsp3) is 0.700. The van der Waals surface area contributed by atoms with Gasteiger partial charge in [-0.25, -0.2) is 13.2 Å². The van der Waals surface area contributed by atoms with Crippen LogP contribution in [0.1, 0.15) is 25.7 Å². The largest absolute Gasteiger partial charge is 0.480 e. The Bertz CT molecular complexity index is 486. The number of primary amides is 1. The lowest BCUT2D eigenvalue weighted by atomic mass is 10.1. The number of aliphatic carboxylic acids is 1. The van der Waals surface area contributed by atoms with E-state index < -0.39 is 45.3 Å². The van der Waals surface area contributed by atoms with Crippen LogP contribution in [0.5, 0.6) is 0 Å². The van der Waals surface area contributed by atoms with Crippen LogP contribution >= 0.6 is 0 Å². The van der Waals surface area contributed by atoms with E-state index in [1.807, 2.05) is 0 Å². The van der Waals surface area contributed by atoms with Gasteiger partial charge in [-0.3, -0.25) is 9.59 Å². The lowest BCUT2D eigenvalue weighted by Crippen LogP contribution is -2.50. The molecule has 1 aliphatic rings. The summed E-state index contributed by atoms with van der Waals surface area (Å²) in [4.78, 5) is 33.3. The number of carbonyl (C=O) groups is 3. The predicted molar refractivity (Wildman–Crippen MR) is 64.8 cm³/mol. The lowest BCUT2D eigenvalue weighted by Gasteiger charge is -2.23. The van der Waals surface area contributed by atoms with Crippen molar-refractivity contribution < 1.29 is 27.9 Å². The van der Waals surface area contributed by atoms with E-state index in [-0.39, 0.29) is 12.2 Å². The summed E-state index contributed by atoms with van der Waals surface area (Å²) in [5.74, 6) is -3.29. The fourth-order valence-electron chi connectivity index (χ4n) is 1.91. The van der Waals surface area contributed by atoms with Gasteiger partial charge in [0.05, 0.1) is 12.2 Å². The maximum Gasteiger partial charge on any atom is 0.326 e. The van der Waals surface area contributed by atoms with Crippen molar-refractivity contribution >= 4 is 27.6 Å². The number of hydrogen-bond acceptors (Lipinski definition) is 5. The second-order valence-corrected chi connectivity index (χ2v) is 6.72. The van der Waals surface area contributed by atoms with Crippen LogP contribution in [0.25, 0.3) is 0 Å².